The molecule has 7 aromatic carbocycles. The van der Waals surface area contributed by atoms with Crippen molar-refractivity contribution in [1.29, 1.82) is 0 Å². The molecule has 0 spiro atoms. The third-order valence-corrected chi connectivity index (χ3v) is 11.0. The van der Waals surface area contributed by atoms with Gasteiger partial charge in [-0.1, -0.05) is 76.9 Å². The molecule has 3 heteroatoms. The second-order valence-electron chi connectivity index (χ2n) is 15.0. The van der Waals surface area contributed by atoms with Crippen LogP contribution in [0, 0.1) is 6.08 Å². The zero-order chi connectivity index (χ0) is 35.6. The number of halogens is 2. The molecule has 1 aliphatic carbocycles. The molecule has 0 atom stereocenters. The fourth-order valence-electron chi connectivity index (χ4n) is 6.38. The van der Waals surface area contributed by atoms with Crippen molar-refractivity contribution in [1.82, 2.24) is 0 Å². The van der Waals surface area contributed by atoms with Gasteiger partial charge in [-0.05, 0) is 10.8 Å². The first-order chi connectivity index (χ1) is 23.8. The molecular weight excluding hydrogens is 727 g/mol. The number of hydrogen-bond donors (Lipinski definition) is 0. The van der Waals surface area contributed by atoms with Gasteiger partial charge in [0.25, 0.3) is 0 Å². The van der Waals surface area contributed by atoms with E-state index < -0.39 is 0 Å². The van der Waals surface area contributed by atoms with Crippen molar-refractivity contribution in [2.45, 2.75) is 58.8 Å². The number of benzene rings is 6. The Morgan fingerprint density at radius 3 is 1.44 bits per heavy atom. The molecule has 0 unspecified atom stereocenters. The van der Waals surface area contributed by atoms with E-state index in [4.69, 9.17) is 23.2 Å². The topological polar surface area (TPSA) is 0 Å². The van der Waals surface area contributed by atoms with Crippen molar-refractivity contribution in [3.63, 3.8) is 0 Å². The molecule has 0 bridgehead atoms. The van der Waals surface area contributed by atoms with E-state index in [2.05, 4.69) is 145 Å². The molecule has 0 radical (unpaired) electrons. The van der Waals surface area contributed by atoms with Crippen LogP contribution in [-0.2, 0) is 35.1 Å². The van der Waals surface area contributed by atoms with Gasteiger partial charge in [-0.3, -0.25) is 6.08 Å². The number of hydrogen-bond acceptors (Lipinski definition) is 0. The first kappa shape index (κ1) is 36.3. The van der Waals surface area contributed by atoms with Crippen LogP contribution in [0.25, 0.3) is 43.1 Å². The Labute approximate surface area is 322 Å². The molecular formula is C47H42Cl2Zr. The Hall–Kier alpha value is -3.48. The van der Waals surface area contributed by atoms with Gasteiger partial charge in [0.05, 0.1) is 0 Å². The third-order valence-electron chi connectivity index (χ3n) is 9.22. The summed E-state index contributed by atoms with van der Waals surface area (Å²) in [6, 6.07) is 41.0. The van der Waals surface area contributed by atoms with Crippen molar-refractivity contribution in [2.75, 3.05) is 0 Å². The Morgan fingerprint density at radius 2 is 1.06 bits per heavy atom. The molecule has 0 nitrogen and oxygen atoms in total. The molecule has 0 heterocycles. The molecule has 8 rings (SSSR count). The molecule has 1 aliphatic rings. The van der Waals surface area contributed by atoms with Crippen LogP contribution >= 0.6 is 23.2 Å². The largest absolute Gasteiger partial charge is 0.273 e. The van der Waals surface area contributed by atoms with E-state index in [-0.39, 0.29) is 10.8 Å². The predicted octanol–water partition coefficient (Wildman–Crippen LogP) is 14.0. The maximum atomic E-state index is 6.38. The van der Waals surface area contributed by atoms with Crippen molar-refractivity contribution in [3.05, 3.63) is 172 Å². The Balaban J connectivity index is 0.000000153. The van der Waals surface area contributed by atoms with E-state index in [0.29, 0.717) is 0 Å². The molecule has 7 aromatic rings. The van der Waals surface area contributed by atoms with Crippen LogP contribution in [0.5, 0.6) is 0 Å². The number of rotatable bonds is 2. The molecule has 0 aliphatic heterocycles. The van der Waals surface area contributed by atoms with Crippen LogP contribution in [0.3, 0.4) is 0 Å². The van der Waals surface area contributed by atoms with Crippen LogP contribution < -0.4 is 0 Å². The minimum Gasteiger partial charge on any atom is -0.273 e. The van der Waals surface area contributed by atoms with Crippen molar-refractivity contribution in [2.24, 2.45) is 0 Å². The van der Waals surface area contributed by atoms with Gasteiger partial charge in [0.1, 0.15) is 0 Å². The molecule has 0 fully saturated rings. The van der Waals surface area contributed by atoms with Crippen molar-refractivity contribution in [3.8, 4) is 0 Å². The van der Waals surface area contributed by atoms with Crippen molar-refractivity contribution < 1.29 is 24.2 Å². The molecule has 248 valence electrons. The minimum atomic E-state index is 0.194. The number of fused-ring (bicyclic) bond motifs is 5. The summed E-state index contributed by atoms with van der Waals surface area (Å²) in [6.07, 6.45) is 10.0. The molecule has 0 saturated heterocycles. The summed E-state index contributed by atoms with van der Waals surface area (Å²) in [4.78, 5) is 0. The van der Waals surface area contributed by atoms with E-state index in [0.717, 1.165) is 27.2 Å². The van der Waals surface area contributed by atoms with Gasteiger partial charge >= 0.3 is 166 Å². The van der Waals surface area contributed by atoms with Crippen LogP contribution in [0.15, 0.2) is 133 Å². The van der Waals surface area contributed by atoms with Gasteiger partial charge in [0.2, 0.25) is 0 Å². The summed E-state index contributed by atoms with van der Waals surface area (Å²) in [5, 5.41) is 11.8. The zero-order valence-corrected chi connectivity index (χ0v) is 33.6. The van der Waals surface area contributed by atoms with Crippen molar-refractivity contribution >= 4 is 69.5 Å². The summed E-state index contributed by atoms with van der Waals surface area (Å²) in [5.74, 6) is 0. The van der Waals surface area contributed by atoms with Crippen LogP contribution in [0.2, 0.25) is 10.0 Å². The van der Waals surface area contributed by atoms with Crippen LogP contribution in [0.4, 0.5) is 0 Å². The standard InChI is InChI=1S/C21H12Cl2.C21H25.C5H5.Zr/c22-18-10-14-5-1-3-7-20(14)16(12-18)9-17-13-19(23)11-15-6-2-4-8-21(15)17;1-20(2,3)16-9-7-14-11-15-8-10-17(21(4,5)6)13-19(15)18(14)12-16;1-2-4-5-3-1;/h1-8,10-13H;7-13H,1-6H3;1-3H,4H2;/q;2*-1;+2. The van der Waals surface area contributed by atoms with Gasteiger partial charge in [0.15, 0.2) is 0 Å². The normalized spacial score (nSPS) is 12.7. The summed E-state index contributed by atoms with van der Waals surface area (Å²) in [5.41, 5.74) is 5.57. The minimum absolute atomic E-state index is 0.194. The van der Waals surface area contributed by atoms with Gasteiger partial charge in [0, 0.05) is 0 Å². The molecule has 0 aromatic heterocycles. The fourth-order valence-corrected chi connectivity index (χ4v) is 7.85. The average Bonchev–Trinajstić information content (AvgIpc) is 3.78. The molecule has 0 amide bonds. The monoisotopic (exact) mass is 766 g/mol. The Bertz CT molecular complexity index is 2240. The summed E-state index contributed by atoms with van der Waals surface area (Å²) in [7, 11) is 0. The van der Waals surface area contributed by atoms with E-state index in [1.54, 1.807) is 0 Å². The first-order valence-corrected chi connectivity index (χ1v) is 19.1. The van der Waals surface area contributed by atoms with Gasteiger partial charge in [-0.15, -0.1) is 46.2 Å². The summed E-state index contributed by atoms with van der Waals surface area (Å²) < 4.78 is 1.26. The number of allylic oxidation sites excluding steroid dienone is 4. The smallest absolute Gasteiger partial charge is 0.109 e. The second-order valence-corrected chi connectivity index (χ2v) is 17.1. The van der Waals surface area contributed by atoms with Crippen LogP contribution in [-0.4, -0.2) is 3.21 Å². The predicted molar refractivity (Wildman–Crippen MR) is 217 cm³/mol. The maximum absolute atomic E-state index is 6.38. The third kappa shape index (κ3) is 8.18. The summed E-state index contributed by atoms with van der Waals surface area (Å²) in [6.45, 7) is 13.7. The van der Waals surface area contributed by atoms with Gasteiger partial charge in [-0.25, -0.2) is 12.2 Å². The van der Waals surface area contributed by atoms with Gasteiger partial charge in [-0.2, -0.15) is 6.08 Å². The first-order valence-electron chi connectivity index (χ1n) is 17.1. The molecule has 0 saturated carbocycles. The van der Waals surface area contributed by atoms with Gasteiger partial charge < -0.3 is 0 Å². The second kappa shape index (κ2) is 15.0. The SMILES string of the molecule is CC(C)(C)c1ccc2[cH-]c3ccc(C(C)(C)C)cc3c2c1.Clc1cc([C](=[Zr+2])c2cc(Cl)cc3ccccc23)c2ccccc2c1.[C-]1=CC=CC1. The van der Waals surface area contributed by atoms with E-state index in [1.807, 2.05) is 36.4 Å². The van der Waals surface area contributed by atoms with Crippen LogP contribution in [0.1, 0.15) is 70.2 Å². The molecule has 50 heavy (non-hydrogen) atoms. The average molecular weight is 769 g/mol. The fraction of sp³-hybridized carbons (Fsp3) is 0.191. The maximum Gasteiger partial charge on any atom is -0.109 e. The Kier molecular flexibility index (Phi) is 10.9. The quantitative estimate of drug-likeness (QED) is 0.154. The van der Waals surface area contributed by atoms with E-state index >= 15 is 0 Å². The molecule has 0 N–H and O–H groups in total. The summed E-state index contributed by atoms with van der Waals surface area (Å²) >= 11 is 14.1. The zero-order valence-electron chi connectivity index (χ0n) is 29.7. The van der Waals surface area contributed by atoms with E-state index in [9.17, 15) is 0 Å². The Morgan fingerprint density at radius 1 is 0.600 bits per heavy atom. The van der Waals surface area contributed by atoms with E-state index in [1.165, 1.54) is 82.0 Å².